The monoisotopic (exact) mass is 401 g/mol. The third kappa shape index (κ3) is 3.80. The van der Waals surface area contributed by atoms with E-state index in [2.05, 4.69) is 15.9 Å². The van der Waals surface area contributed by atoms with E-state index in [-0.39, 0.29) is 5.91 Å². The van der Waals surface area contributed by atoms with E-state index in [0.717, 1.165) is 15.7 Å². The van der Waals surface area contributed by atoms with Gasteiger partial charge in [-0.2, -0.15) is 0 Å². The van der Waals surface area contributed by atoms with Crippen LogP contribution in [0.3, 0.4) is 0 Å². The summed E-state index contributed by atoms with van der Waals surface area (Å²) in [6.45, 7) is 0. The highest BCUT2D eigenvalue weighted by molar-refractivity contribution is 9.12. The SMILES string of the molecule is O=C1/C(=C/C(Br)=C/c2ccccc2)SC(=S)N1c1ccccc1. The number of benzene rings is 2. The van der Waals surface area contributed by atoms with Crippen molar-refractivity contribution < 1.29 is 4.79 Å². The number of rotatable bonds is 3. The Balaban J connectivity index is 1.86. The van der Waals surface area contributed by atoms with E-state index in [1.54, 1.807) is 4.90 Å². The second kappa shape index (κ2) is 7.25. The molecule has 114 valence electrons. The van der Waals surface area contributed by atoms with Crippen LogP contribution < -0.4 is 4.90 Å². The van der Waals surface area contributed by atoms with Crippen LogP contribution in [0, 0.1) is 0 Å². The molecule has 0 unspecified atom stereocenters. The maximum atomic E-state index is 12.6. The molecule has 1 saturated heterocycles. The third-order valence-corrected chi connectivity index (χ3v) is 4.94. The predicted molar refractivity (Wildman–Crippen MR) is 106 cm³/mol. The van der Waals surface area contributed by atoms with E-state index in [1.807, 2.05) is 72.8 Å². The van der Waals surface area contributed by atoms with Gasteiger partial charge in [0.25, 0.3) is 5.91 Å². The average Bonchev–Trinajstić information content (AvgIpc) is 2.83. The number of carbonyl (C=O) groups is 1. The molecule has 2 aromatic rings. The Kier molecular flexibility index (Phi) is 5.10. The Morgan fingerprint density at radius 3 is 2.30 bits per heavy atom. The number of anilines is 1. The molecule has 0 spiro atoms. The van der Waals surface area contributed by atoms with Crippen LogP contribution in [-0.4, -0.2) is 10.2 Å². The quantitative estimate of drug-likeness (QED) is 0.509. The van der Waals surface area contributed by atoms with Gasteiger partial charge in [-0.3, -0.25) is 9.69 Å². The van der Waals surface area contributed by atoms with Crippen LogP contribution in [0.5, 0.6) is 0 Å². The molecule has 0 aliphatic carbocycles. The maximum Gasteiger partial charge on any atom is 0.270 e. The number of hydrogen-bond donors (Lipinski definition) is 0. The highest BCUT2D eigenvalue weighted by Crippen LogP contribution is 2.36. The first-order chi connectivity index (χ1) is 11.1. The third-order valence-electron chi connectivity index (χ3n) is 3.18. The van der Waals surface area contributed by atoms with Crippen molar-refractivity contribution in [1.29, 1.82) is 0 Å². The minimum atomic E-state index is -0.0930. The van der Waals surface area contributed by atoms with Gasteiger partial charge in [0.1, 0.15) is 0 Å². The van der Waals surface area contributed by atoms with Gasteiger partial charge in [0.05, 0.1) is 10.6 Å². The van der Waals surface area contributed by atoms with Gasteiger partial charge in [0.15, 0.2) is 4.32 Å². The van der Waals surface area contributed by atoms with Crippen molar-refractivity contribution >= 4 is 61.9 Å². The summed E-state index contributed by atoms with van der Waals surface area (Å²) in [6.07, 6.45) is 3.78. The molecule has 1 aliphatic heterocycles. The summed E-state index contributed by atoms with van der Waals surface area (Å²) in [5.41, 5.74) is 1.86. The molecule has 2 aromatic carbocycles. The van der Waals surface area contributed by atoms with Crippen LogP contribution in [0.4, 0.5) is 5.69 Å². The van der Waals surface area contributed by atoms with Gasteiger partial charge in [-0.05, 0) is 29.8 Å². The molecule has 1 aliphatic rings. The fraction of sp³-hybridized carbons (Fsp3) is 0. The van der Waals surface area contributed by atoms with Crippen molar-refractivity contribution in [2.75, 3.05) is 4.90 Å². The Morgan fingerprint density at radius 1 is 1.04 bits per heavy atom. The van der Waals surface area contributed by atoms with Crippen molar-refractivity contribution in [1.82, 2.24) is 0 Å². The lowest BCUT2D eigenvalue weighted by Gasteiger charge is -2.13. The van der Waals surface area contributed by atoms with Gasteiger partial charge in [-0.15, -0.1) is 0 Å². The zero-order valence-electron chi connectivity index (χ0n) is 12.0. The first kappa shape index (κ1) is 16.2. The number of para-hydroxylation sites is 1. The molecule has 0 radical (unpaired) electrons. The molecule has 2 nitrogen and oxygen atoms in total. The first-order valence-electron chi connectivity index (χ1n) is 6.90. The summed E-state index contributed by atoms with van der Waals surface area (Å²) in [4.78, 5) is 14.8. The Bertz CT molecular complexity index is 800. The van der Waals surface area contributed by atoms with Crippen molar-refractivity contribution in [2.45, 2.75) is 0 Å². The molecule has 0 aromatic heterocycles. The van der Waals surface area contributed by atoms with E-state index in [9.17, 15) is 4.79 Å². The summed E-state index contributed by atoms with van der Waals surface area (Å²) in [7, 11) is 0. The number of thioether (sulfide) groups is 1. The van der Waals surface area contributed by atoms with Crippen molar-refractivity contribution in [2.24, 2.45) is 0 Å². The maximum absolute atomic E-state index is 12.6. The van der Waals surface area contributed by atoms with Crippen LogP contribution in [0.25, 0.3) is 6.08 Å². The van der Waals surface area contributed by atoms with Gasteiger partial charge < -0.3 is 0 Å². The summed E-state index contributed by atoms with van der Waals surface area (Å²) in [5, 5.41) is 0. The van der Waals surface area contributed by atoms with Crippen molar-refractivity contribution in [3.63, 3.8) is 0 Å². The van der Waals surface area contributed by atoms with Crippen LogP contribution in [0.15, 0.2) is 76.1 Å². The number of amides is 1. The van der Waals surface area contributed by atoms with Gasteiger partial charge >= 0.3 is 0 Å². The van der Waals surface area contributed by atoms with Crippen LogP contribution in [0.1, 0.15) is 5.56 Å². The van der Waals surface area contributed by atoms with Crippen LogP contribution in [-0.2, 0) is 4.79 Å². The number of halogens is 1. The molecule has 1 amide bonds. The first-order valence-corrected chi connectivity index (χ1v) is 8.92. The lowest BCUT2D eigenvalue weighted by Crippen LogP contribution is -2.27. The zero-order valence-corrected chi connectivity index (χ0v) is 15.2. The smallest absolute Gasteiger partial charge is 0.268 e. The summed E-state index contributed by atoms with van der Waals surface area (Å²) >= 11 is 10.2. The number of nitrogens with zero attached hydrogens (tertiary/aromatic N) is 1. The number of thiocarbonyl (C=S) groups is 1. The molecule has 5 heteroatoms. The van der Waals surface area contributed by atoms with Crippen molar-refractivity contribution in [3.05, 3.63) is 81.7 Å². The van der Waals surface area contributed by atoms with E-state index < -0.39 is 0 Å². The molecule has 0 bridgehead atoms. The second-order valence-electron chi connectivity index (χ2n) is 4.79. The van der Waals surface area contributed by atoms with E-state index in [0.29, 0.717) is 9.23 Å². The summed E-state index contributed by atoms with van der Waals surface area (Å²) in [5.74, 6) is -0.0930. The van der Waals surface area contributed by atoms with Gasteiger partial charge in [0, 0.05) is 4.48 Å². The zero-order chi connectivity index (χ0) is 16.2. The van der Waals surface area contributed by atoms with Gasteiger partial charge in [-0.1, -0.05) is 88.4 Å². The standard InChI is InChI=1S/C18H12BrNOS2/c19-14(11-13-7-3-1-4-8-13)12-16-17(21)20(18(22)23-16)15-9-5-2-6-10-15/h1-12H/b14-11-,16-12-. The molecular weight excluding hydrogens is 390 g/mol. The van der Waals surface area contributed by atoms with Crippen LogP contribution >= 0.6 is 39.9 Å². The lowest BCUT2D eigenvalue weighted by molar-refractivity contribution is -0.113. The summed E-state index contributed by atoms with van der Waals surface area (Å²) < 4.78 is 1.38. The highest BCUT2D eigenvalue weighted by Gasteiger charge is 2.33. The number of carbonyl (C=O) groups excluding carboxylic acids is 1. The highest BCUT2D eigenvalue weighted by atomic mass is 79.9. The van der Waals surface area contributed by atoms with E-state index >= 15 is 0 Å². The topological polar surface area (TPSA) is 20.3 Å². The fourth-order valence-corrected chi connectivity index (χ4v) is 4.08. The minimum Gasteiger partial charge on any atom is -0.268 e. The molecule has 3 rings (SSSR count). The number of allylic oxidation sites excluding steroid dienone is 2. The second-order valence-corrected chi connectivity index (χ2v) is 7.38. The Labute approximate surface area is 153 Å². The van der Waals surface area contributed by atoms with Crippen LogP contribution in [0.2, 0.25) is 0 Å². The normalized spacial score (nSPS) is 17.2. The fourth-order valence-electron chi connectivity index (χ4n) is 2.14. The van der Waals surface area contributed by atoms with Gasteiger partial charge in [0.2, 0.25) is 0 Å². The van der Waals surface area contributed by atoms with E-state index in [1.165, 1.54) is 11.8 Å². The lowest BCUT2D eigenvalue weighted by atomic mass is 10.2. The Hall–Kier alpha value is -1.69. The van der Waals surface area contributed by atoms with E-state index in [4.69, 9.17) is 12.2 Å². The number of hydrogen-bond acceptors (Lipinski definition) is 3. The average molecular weight is 402 g/mol. The Morgan fingerprint density at radius 2 is 1.65 bits per heavy atom. The van der Waals surface area contributed by atoms with Crippen molar-refractivity contribution in [3.8, 4) is 0 Å². The molecule has 1 fully saturated rings. The largest absolute Gasteiger partial charge is 0.270 e. The minimum absolute atomic E-state index is 0.0930. The molecule has 23 heavy (non-hydrogen) atoms. The van der Waals surface area contributed by atoms with Gasteiger partial charge in [-0.25, -0.2) is 0 Å². The predicted octanol–water partition coefficient (Wildman–Crippen LogP) is 5.37. The molecule has 1 heterocycles. The molecule has 0 saturated carbocycles. The molecule has 0 N–H and O–H groups in total. The summed E-state index contributed by atoms with van der Waals surface area (Å²) in [6, 6.07) is 19.4. The molecular formula is C18H12BrNOS2. The molecule has 0 atom stereocenters.